The standard InChI is InChI=1S/C39H50F3N5O9S/c1-22-11-6-7-12-24-19-38(24,35(50)45-57(53,54)26-13-10-14-26)44-32(48)29-18-25(56-33-28-16-9-8-15-27(28)30(55-5)20-43-33)21-46(29)34(49)31(23(2)17-22)47(36(51)52)37(3,4)39(40,41)42/h7-9,12,15-16,20,22-26,29,31H,6,10-11,13-14,17-19,21H2,1-5H3,(H,44,48)(H,45,50)(H,51,52)/t22-,23-,24-,25-,29+,31+,38-/m1/s1. The number of pyridine rings is 1. The van der Waals surface area contributed by atoms with Crippen LogP contribution in [0.25, 0.3) is 10.8 Å². The van der Waals surface area contributed by atoms with Crippen LogP contribution in [0, 0.1) is 17.8 Å². The minimum absolute atomic E-state index is 0.0609. The van der Waals surface area contributed by atoms with Gasteiger partial charge in [0.25, 0.3) is 5.91 Å². The number of sulfonamides is 1. The number of aromatic nitrogens is 1. The Labute approximate surface area is 329 Å². The highest BCUT2D eigenvalue weighted by molar-refractivity contribution is 7.90. The van der Waals surface area contributed by atoms with Crippen molar-refractivity contribution in [2.24, 2.45) is 17.8 Å². The molecular formula is C39H50F3N5O9S. The SMILES string of the molecule is COc1cnc(O[C@@H]2C[C@H]3C(=O)N[C@]4(C(=O)NS(=O)(=O)C5CCC5)C[C@H]4C=CCC[C@@H](C)C[C@@H](C)[C@H](N(C(=O)O)C(C)(C)C(F)(F)F)C(=O)N3C2)c2ccccc12. The van der Waals surface area contributed by atoms with Crippen molar-refractivity contribution in [3.05, 3.63) is 42.6 Å². The molecule has 0 spiro atoms. The number of rotatable bonds is 8. The first-order valence-corrected chi connectivity index (χ1v) is 20.8. The number of hydrogen-bond donors (Lipinski definition) is 3. The van der Waals surface area contributed by atoms with Crippen molar-refractivity contribution >= 4 is 44.6 Å². The van der Waals surface area contributed by atoms with Gasteiger partial charge in [-0.15, -0.1) is 0 Å². The van der Waals surface area contributed by atoms with Crippen LogP contribution in [0.4, 0.5) is 18.0 Å². The fourth-order valence-corrected chi connectivity index (χ4v) is 9.90. The second kappa shape index (κ2) is 15.6. The lowest BCUT2D eigenvalue weighted by Crippen LogP contribution is -2.66. The Hall–Kier alpha value is -4.61. The lowest BCUT2D eigenvalue weighted by atomic mass is 9.85. The van der Waals surface area contributed by atoms with E-state index in [1.807, 2.05) is 13.0 Å². The zero-order valence-corrected chi connectivity index (χ0v) is 33.4. The third kappa shape index (κ3) is 8.10. The summed E-state index contributed by atoms with van der Waals surface area (Å²) in [5, 5.41) is 13.6. The van der Waals surface area contributed by atoms with Crippen LogP contribution in [0.2, 0.25) is 0 Å². The number of halogens is 3. The summed E-state index contributed by atoms with van der Waals surface area (Å²) in [6, 6.07) is 3.69. The average molecular weight is 822 g/mol. The summed E-state index contributed by atoms with van der Waals surface area (Å²) in [6.07, 6.45) is -0.578. The second-order valence-corrected chi connectivity index (χ2v) is 18.4. The van der Waals surface area contributed by atoms with Crippen LogP contribution in [-0.4, -0.2) is 106 Å². The quantitative estimate of drug-likeness (QED) is 0.301. The van der Waals surface area contributed by atoms with E-state index >= 15 is 0 Å². The highest BCUT2D eigenvalue weighted by Gasteiger charge is 2.63. The van der Waals surface area contributed by atoms with Crippen molar-refractivity contribution in [2.45, 2.75) is 120 Å². The summed E-state index contributed by atoms with van der Waals surface area (Å²) in [7, 11) is -2.58. The van der Waals surface area contributed by atoms with Gasteiger partial charge in [0.2, 0.25) is 27.7 Å². The van der Waals surface area contributed by atoms with E-state index in [1.54, 1.807) is 30.3 Å². The van der Waals surface area contributed by atoms with Crippen molar-refractivity contribution < 1.29 is 55.3 Å². The molecule has 3 heterocycles. The molecule has 14 nitrogen and oxygen atoms in total. The normalized spacial score (nSPS) is 28.9. The zero-order valence-electron chi connectivity index (χ0n) is 32.5. The maximum absolute atomic E-state index is 15.0. The van der Waals surface area contributed by atoms with Crippen molar-refractivity contribution in [3.8, 4) is 11.6 Å². The van der Waals surface area contributed by atoms with Gasteiger partial charge in [-0.2, -0.15) is 13.2 Å². The highest BCUT2D eigenvalue weighted by Crippen LogP contribution is 2.47. The Morgan fingerprint density at radius 1 is 1.09 bits per heavy atom. The number of hydrogen-bond acceptors (Lipinski definition) is 9. The topological polar surface area (TPSA) is 185 Å². The number of carboxylic acid groups (broad SMARTS) is 1. The van der Waals surface area contributed by atoms with Gasteiger partial charge in [-0.1, -0.05) is 50.6 Å². The second-order valence-electron chi connectivity index (χ2n) is 16.4. The largest absolute Gasteiger partial charge is 0.494 e. The number of carbonyl (C=O) groups excluding carboxylic acids is 3. The highest BCUT2D eigenvalue weighted by atomic mass is 32.2. The molecule has 57 heavy (non-hydrogen) atoms. The maximum atomic E-state index is 15.0. The number of methoxy groups -OCH3 is 1. The number of ether oxygens (including phenoxy) is 2. The van der Waals surface area contributed by atoms with Crippen molar-refractivity contribution in [2.75, 3.05) is 13.7 Å². The van der Waals surface area contributed by atoms with Gasteiger partial charge in [-0.05, 0) is 70.3 Å². The number of carbonyl (C=O) groups is 4. The molecule has 7 atom stereocenters. The molecule has 2 aromatic rings. The van der Waals surface area contributed by atoms with Gasteiger partial charge in [0.15, 0.2) is 0 Å². The minimum Gasteiger partial charge on any atom is -0.494 e. The molecule has 6 rings (SSSR count). The molecule has 2 saturated carbocycles. The molecule has 3 N–H and O–H groups in total. The van der Waals surface area contributed by atoms with Crippen LogP contribution < -0.4 is 19.5 Å². The number of allylic oxidation sites excluding steroid dienone is 1. The lowest BCUT2D eigenvalue weighted by molar-refractivity contribution is -0.222. The third-order valence-corrected chi connectivity index (χ3v) is 13.9. The predicted octanol–water partition coefficient (Wildman–Crippen LogP) is 5.17. The van der Waals surface area contributed by atoms with Crippen molar-refractivity contribution in [3.63, 3.8) is 0 Å². The summed E-state index contributed by atoms with van der Waals surface area (Å²) in [5.41, 5.74) is -4.73. The summed E-state index contributed by atoms with van der Waals surface area (Å²) < 4.78 is 84.1. The summed E-state index contributed by atoms with van der Waals surface area (Å²) >= 11 is 0. The van der Waals surface area contributed by atoms with E-state index in [-0.39, 0.29) is 42.5 Å². The van der Waals surface area contributed by atoms with Crippen LogP contribution in [0.3, 0.4) is 0 Å². The summed E-state index contributed by atoms with van der Waals surface area (Å²) in [4.78, 5) is 61.8. The molecule has 3 fully saturated rings. The van der Waals surface area contributed by atoms with Crippen molar-refractivity contribution in [1.29, 1.82) is 0 Å². The van der Waals surface area contributed by atoms with E-state index in [4.69, 9.17) is 9.47 Å². The van der Waals surface area contributed by atoms with Crippen LogP contribution in [0.1, 0.15) is 79.1 Å². The van der Waals surface area contributed by atoms with Crippen LogP contribution in [0.15, 0.2) is 42.6 Å². The molecule has 2 aliphatic carbocycles. The maximum Gasteiger partial charge on any atom is 0.411 e. The van der Waals surface area contributed by atoms with Gasteiger partial charge >= 0.3 is 12.3 Å². The van der Waals surface area contributed by atoms with Gasteiger partial charge in [0.1, 0.15) is 35.0 Å². The molecule has 0 radical (unpaired) electrons. The third-order valence-electron chi connectivity index (χ3n) is 12.1. The minimum atomic E-state index is -5.09. The molecule has 1 aromatic carbocycles. The molecule has 0 bridgehead atoms. The van der Waals surface area contributed by atoms with Gasteiger partial charge in [0, 0.05) is 23.1 Å². The number of alkyl halides is 3. The smallest absolute Gasteiger partial charge is 0.411 e. The monoisotopic (exact) mass is 821 g/mol. The van der Waals surface area contributed by atoms with E-state index in [0.717, 1.165) is 4.90 Å². The van der Waals surface area contributed by atoms with E-state index < -0.39 is 86.4 Å². The Kier molecular flexibility index (Phi) is 11.5. The Bertz CT molecular complexity index is 2040. The number of benzene rings is 1. The van der Waals surface area contributed by atoms with Crippen LogP contribution in [0.5, 0.6) is 11.6 Å². The predicted molar refractivity (Wildman–Crippen MR) is 202 cm³/mol. The molecule has 1 saturated heterocycles. The first-order valence-electron chi connectivity index (χ1n) is 19.2. The van der Waals surface area contributed by atoms with Gasteiger partial charge < -0.3 is 24.8 Å². The van der Waals surface area contributed by atoms with E-state index in [2.05, 4.69) is 15.0 Å². The molecule has 4 amide bonds. The fourth-order valence-electron chi connectivity index (χ4n) is 8.34. The van der Waals surface area contributed by atoms with Gasteiger partial charge in [-0.25, -0.2) is 18.2 Å². The Balaban J connectivity index is 1.42. The molecule has 0 unspecified atom stereocenters. The number of nitrogens with zero attached hydrogens (tertiary/aromatic N) is 3. The first kappa shape index (κ1) is 42.0. The fraction of sp³-hybridized carbons (Fsp3) is 0.615. The average Bonchev–Trinajstić information content (AvgIpc) is 3.63. The molecule has 4 aliphatic rings. The van der Waals surface area contributed by atoms with Crippen LogP contribution >= 0.6 is 0 Å². The van der Waals surface area contributed by atoms with Crippen molar-refractivity contribution in [1.82, 2.24) is 24.8 Å². The molecule has 2 aliphatic heterocycles. The van der Waals surface area contributed by atoms with Crippen LogP contribution in [-0.2, 0) is 24.4 Å². The molecular weight excluding hydrogens is 772 g/mol. The number of fused-ring (bicyclic) bond motifs is 3. The van der Waals surface area contributed by atoms with Gasteiger partial charge in [-0.3, -0.25) is 24.0 Å². The number of nitrogens with one attached hydrogen (secondary N) is 2. The first-order chi connectivity index (χ1) is 26.7. The number of amides is 4. The summed E-state index contributed by atoms with van der Waals surface area (Å²) in [6.45, 7) is 4.41. The van der Waals surface area contributed by atoms with E-state index in [9.17, 15) is 45.9 Å². The Morgan fingerprint density at radius 2 is 1.77 bits per heavy atom. The summed E-state index contributed by atoms with van der Waals surface area (Å²) in [5.74, 6) is -3.99. The van der Waals surface area contributed by atoms with Gasteiger partial charge in [0.05, 0.1) is 25.1 Å². The molecule has 18 heteroatoms. The zero-order chi connectivity index (χ0) is 41.7. The Morgan fingerprint density at radius 3 is 2.39 bits per heavy atom. The van der Waals surface area contributed by atoms with E-state index in [0.29, 0.717) is 62.5 Å². The molecule has 1 aromatic heterocycles. The molecule has 312 valence electrons. The van der Waals surface area contributed by atoms with E-state index in [1.165, 1.54) is 20.2 Å². The lowest BCUT2D eigenvalue weighted by Gasteiger charge is -2.45.